The normalized spacial score (nSPS) is 23.5. The van der Waals surface area contributed by atoms with Crippen molar-refractivity contribution in [2.24, 2.45) is 5.41 Å². The van der Waals surface area contributed by atoms with Crippen molar-refractivity contribution in [1.29, 1.82) is 0 Å². The van der Waals surface area contributed by atoms with Crippen molar-refractivity contribution in [1.82, 2.24) is 19.6 Å². The summed E-state index contributed by atoms with van der Waals surface area (Å²) >= 11 is 0. The molecule has 8 nitrogen and oxygen atoms in total. The lowest BCUT2D eigenvalue weighted by Crippen LogP contribution is -2.47. The molecule has 0 unspecified atom stereocenters. The number of likely N-dealkylation sites (tertiary alicyclic amines) is 1. The number of rotatable bonds is 2. The van der Waals surface area contributed by atoms with E-state index in [2.05, 4.69) is 0 Å². The first-order chi connectivity index (χ1) is 12.3. The molecular weight excluding hydrogens is 336 g/mol. The zero-order valence-corrected chi connectivity index (χ0v) is 15.6. The van der Waals surface area contributed by atoms with Crippen LogP contribution in [0.15, 0.2) is 23.0 Å². The minimum absolute atomic E-state index is 0.0855. The first-order valence-electron chi connectivity index (χ1n) is 8.91. The van der Waals surface area contributed by atoms with Crippen molar-refractivity contribution >= 4 is 17.8 Å². The molecular formula is C18H26N4O4. The van der Waals surface area contributed by atoms with Crippen LogP contribution in [-0.2, 0) is 4.79 Å². The van der Waals surface area contributed by atoms with Crippen LogP contribution in [0.3, 0.4) is 0 Å². The Labute approximate surface area is 153 Å². The van der Waals surface area contributed by atoms with E-state index >= 15 is 0 Å². The van der Waals surface area contributed by atoms with Gasteiger partial charge in [0.15, 0.2) is 0 Å². The summed E-state index contributed by atoms with van der Waals surface area (Å²) in [6, 6.07) is 1.55. The fraction of sp³-hybridized carbons (Fsp3) is 0.611. The number of nitrogens with zero attached hydrogens (tertiary/aromatic N) is 4. The minimum Gasteiger partial charge on any atom is -0.472 e. The molecule has 1 aromatic rings. The van der Waals surface area contributed by atoms with Gasteiger partial charge in [0.2, 0.25) is 5.91 Å². The molecule has 1 atom stereocenters. The van der Waals surface area contributed by atoms with E-state index in [9.17, 15) is 14.4 Å². The molecule has 3 heterocycles. The highest BCUT2D eigenvalue weighted by molar-refractivity contribution is 5.94. The molecule has 0 saturated carbocycles. The molecule has 2 saturated heterocycles. The Bertz CT molecular complexity index is 687. The van der Waals surface area contributed by atoms with Gasteiger partial charge in [0, 0.05) is 65.2 Å². The van der Waals surface area contributed by atoms with E-state index in [1.165, 1.54) is 17.4 Å². The molecule has 0 N–H and O–H groups in total. The molecule has 8 heteroatoms. The Kier molecular flexibility index (Phi) is 4.93. The number of hydrogen-bond acceptors (Lipinski definition) is 4. The van der Waals surface area contributed by atoms with Crippen LogP contribution in [0.25, 0.3) is 0 Å². The lowest BCUT2D eigenvalue weighted by atomic mass is 9.86. The van der Waals surface area contributed by atoms with Gasteiger partial charge < -0.3 is 24.0 Å². The van der Waals surface area contributed by atoms with Crippen LogP contribution in [0, 0.1) is 5.41 Å². The monoisotopic (exact) mass is 362 g/mol. The van der Waals surface area contributed by atoms with Crippen molar-refractivity contribution in [3.8, 4) is 0 Å². The first kappa shape index (κ1) is 18.3. The Morgan fingerprint density at radius 2 is 1.88 bits per heavy atom. The average molecular weight is 362 g/mol. The highest BCUT2D eigenvalue weighted by Gasteiger charge is 2.47. The Morgan fingerprint density at radius 3 is 2.46 bits per heavy atom. The van der Waals surface area contributed by atoms with Gasteiger partial charge in [-0.25, -0.2) is 4.79 Å². The molecule has 26 heavy (non-hydrogen) atoms. The number of carbonyl (C=O) groups is 3. The number of urea groups is 1. The maximum Gasteiger partial charge on any atom is 0.319 e. The third kappa shape index (κ3) is 3.40. The van der Waals surface area contributed by atoms with Gasteiger partial charge in [0.1, 0.15) is 6.26 Å². The fourth-order valence-electron chi connectivity index (χ4n) is 3.93. The second-order valence-corrected chi connectivity index (χ2v) is 7.42. The van der Waals surface area contributed by atoms with Gasteiger partial charge in [-0.2, -0.15) is 0 Å². The highest BCUT2D eigenvalue weighted by Crippen LogP contribution is 2.35. The summed E-state index contributed by atoms with van der Waals surface area (Å²) < 4.78 is 5.04. The maximum atomic E-state index is 12.9. The summed E-state index contributed by atoms with van der Waals surface area (Å²) in [7, 11) is 3.43. The molecule has 2 fully saturated rings. The third-order valence-corrected chi connectivity index (χ3v) is 5.19. The molecule has 4 amide bonds. The van der Waals surface area contributed by atoms with Crippen LogP contribution in [0.4, 0.5) is 4.79 Å². The average Bonchev–Trinajstić information content (AvgIpc) is 3.19. The summed E-state index contributed by atoms with van der Waals surface area (Å²) in [6.07, 6.45) is 3.26. The summed E-state index contributed by atoms with van der Waals surface area (Å²) in [5.41, 5.74) is 0.0542. The molecule has 142 valence electrons. The Balaban J connectivity index is 1.88. The molecule has 2 aliphatic heterocycles. The zero-order chi connectivity index (χ0) is 18.9. The molecule has 0 aromatic carbocycles. The van der Waals surface area contributed by atoms with E-state index in [0.717, 1.165) is 0 Å². The van der Waals surface area contributed by atoms with Gasteiger partial charge >= 0.3 is 6.03 Å². The van der Waals surface area contributed by atoms with E-state index in [1.807, 2.05) is 11.8 Å². The second kappa shape index (κ2) is 7.01. The topological polar surface area (TPSA) is 77.3 Å². The summed E-state index contributed by atoms with van der Waals surface area (Å²) in [6.45, 7) is 4.96. The van der Waals surface area contributed by atoms with Crippen LogP contribution in [-0.4, -0.2) is 90.8 Å². The standard InChI is InChI=1S/C18H26N4O4/c1-4-20-11-18(9-15(20)23)12-21(16(24)14-5-8-26-10-14)6-7-22(13-18)17(25)19(2)3/h5,8,10H,4,6-7,9,11-13H2,1-3H3/t18-/m1/s1. The molecule has 0 bridgehead atoms. The summed E-state index contributed by atoms with van der Waals surface area (Å²) in [5, 5.41) is 0. The van der Waals surface area contributed by atoms with Gasteiger partial charge in [-0.1, -0.05) is 0 Å². The lowest BCUT2D eigenvalue weighted by Gasteiger charge is -2.34. The first-order valence-corrected chi connectivity index (χ1v) is 8.91. The van der Waals surface area contributed by atoms with Gasteiger partial charge in [0.25, 0.3) is 5.91 Å². The number of amides is 4. The van der Waals surface area contributed by atoms with Gasteiger partial charge in [-0.05, 0) is 13.0 Å². The molecule has 0 aliphatic carbocycles. The zero-order valence-electron chi connectivity index (χ0n) is 15.6. The van der Waals surface area contributed by atoms with Crippen molar-refractivity contribution in [2.45, 2.75) is 13.3 Å². The third-order valence-electron chi connectivity index (χ3n) is 5.19. The fourth-order valence-corrected chi connectivity index (χ4v) is 3.93. The van der Waals surface area contributed by atoms with Gasteiger partial charge in [-0.3, -0.25) is 9.59 Å². The van der Waals surface area contributed by atoms with Crippen LogP contribution in [0.2, 0.25) is 0 Å². The van der Waals surface area contributed by atoms with Crippen molar-refractivity contribution in [2.75, 3.05) is 53.4 Å². The van der Waals surface area contributed by atoms with Crippen LogP contribution < -0.4 is 0 Å². The summed E-state index contributed by atoms with van der Waals surface area (Å²) in [5.74, 6) is -0.0398. The Hall–Kier alpha value is -2.51. The van der Waals surface area contributed by atoms with Crippen LogP contribution in [0.5, 0.6) is 0 Å². The smallest absolute Gasteiger partial charge is 0.319 e. The van der Waals surface area contributed by atoms with Crippen LogP contribution >= 0.6 is 0 Å². The van der Waals surface area contributed by atoms with Crippen LogP contribution in [0.1, 0.15) is 23.7 Å². The van der Waals surface area contributed by atoms with Gasteiger partial charge in [0.05, 0.1) is 11.8 Å². The SMILES string of the molecule is CCN1C[C@]2(CC1=O)CN(C(=O)c1ccoc1)CCN(C(=O)N(C)C)C2. The number of hydrogen-bond donors (Lipinski definition) is 0. The van der Waals surface area contributed by atoms with E-state index in [-0.39, 0.29) is 17.8 Å². The molecule has 1 aromatic heterocycles. The molecule has 0 radical (unpaired) electrons. The summed E-state index contributed by atoms with van der Waals surface area (Å²) in [4.78, 5) is 44.7. The predicted octanol–water partition coefficient (Wildman–Crippen LogP) is 0.958. The molecule has 3 rings (SSSR count). The predicted molar refractivity (Wildman–Crippen MR) is 94.6 cm³/mol. The maximum absolute atomic E-state index is 12.9. The lowest BCUT2D eigenvalue weighted by molar-refractivity contribution is -0.127. The van der Waals surface area contributed by atoms with Crippen molar-refractivity contribution in [3.63, 3.8) is 0 Å². The molecule has 1 spiro atoms. The molecule has 2 aliphatic rings. The largest absolute Gasteiger partial charge is 0.472 e. The quantitative estimate of drug-likeness (QED) is 0.785. The van der Waals surface area contributed by atoms with E-state index in [1.54, 1.807) is 30.0 Å². The van der Waals surface area contributed by atoms with Crippen molar-refractivity contribution < 1.29 is 18.8 Å². The minimum atomic E-state index is -0.436. The van der Waals surface area contributed by atoms with E-state index < -0.39 is 5.41 Å². The number of carbonyl (C=O) groups excluding carboxylic acids is 3. The number of furan rings is 1. The Morgan fingerprint density at radius 1 is 1.19 bits per heavy atom. The van der Waals surface area contributed by atoms with Crippen molar-refractivity contribution in [3.05, 3.63) is 24.2 Å². The van der Waals surface area contributed by atoms with E-state index in [4.69, 9.17) is 4.42 Å². The second-order valence-electron chi connectivity index (χ2n) is 7.42. The highest BCUT2D eigenvalue weighted by atomic mass is 16.3. The van der Waals surface area contributed by atoms with E-state index in [0.29, 0.717) is 51.3 Å². The van der Waals surface area contributed by atoms with Gasteiger partial charge in [-0.15, -0.1) is 0 Å².